The number of carbonyl (C=O) groups is 2. The quantitative estimate of drug-likeness (QED) is 0.832. The summed E-state index contributed by atoms with van der Waals surface area (Å²) < 4.78 is 4.63. The Bertz CT molecular complexity index is 504. The second kappa shape index (κ2) is 6.27. The molecule has 0 bridgehead atoms. The maximum atomic E-state index is 11.9. The number of hydrogen-bond donors (Lipinski definition) is 2. The summed E-state index contributed by atoms with van der Waals surface area (Å²) in [4.78, 5) is 23.4. The van der Waals surface area contributed by atoms with Crippen LogP contribution in [0.4, 0.5) is 5.69 Å². The van der Waals surface area contributed by atoms with Crippen LogP contribution in [0.5, 0.6) is 0 Å². The molecule has 0 aliphatic carbocycles. The maximum Gasteiger partial charge on any atom is 0.339 e. The lowest BCUT2D eigenvalue weighted by molar-refractivity contribution is -0.117. The van der Waals surface area contributed by atoms with Gasteiger partial charge in [-0.2, -0.15) is 0 Å². The number of halogens is 1. The molecule has 1 aliphatic heterocycles. The zero-order valence-electron chi connectivity index (χ0n) is 10.2. The van der Waals surface area contributed by atoms with Crippen molar-refractivity contribution in [1.29, 1.82) is 0 Å². The summed E-state index contributed by atoms with van der Waals surface area (Å²) in [6.07, 6.45) is 0. The second-order valence-electron chi connectivity index (χ2n) is 3.95. The van der Waals surface area contributed by atoms with E-state index in [1.807, 2.05) is 0 Å². The van der Waals surface area contributed by atoms with Crippen LogP contribution in [0.25, 0.3) is 0 Å². The number of nitrogens with one attached hydrogen (secondary N) is 2. The normalized spacial score (nSPS) is 18.1. The van der Waals surface area contributed by atoms with Crippen LogP contribution in [0.2, 0.25) is 5.02 Å². The van der Waals surface area contributed by atoms with E-state index in [0.717, 1.165) is 11.6 Å². The molecule has 102 valence electrons. The number of rotatable bonds is 3. The van der Waals surface area contributed by atoms with E-state index >= 15 is 0 Å². The lowest BCUT2D eigenvalue weighted by Crippen LogP contribution is -2.37. The van der Waals surface area contributed by atoms with E-state index < -0.39 is 5.97 Å². The first kappa shape index (κ1) is 14.2. The Morgan fingerprint density at radius 2 is 2.32 bits per heavy atom. The lowest BCUT2D eigenvalue weighted by atomic mass is 10.2. The van der Waals surface area contributed by atoms with Crippen LogP contribution in [-0.4, -0.2) is 36.7 Å². The fourth-order valence-corrected chi connectivity index (χ4v) is 2.80. The Morgan fingerprint density at radius 1 is 1.53 bits per heavy atom. The smallest absolute Gasteiger partial charge is 0.339 e. The van der Waals surface area contributed by atoms with Gasteiger partial charge >= 0.3 is 5.97 Å². The summed E-state index contributed by atoms with van der Waals surface area (Å²) in [6.45, 7) is 0. The van der Waals surface area contributed by atoms with Gasteiger partial charge in [-0.3, -0.25) is 10.1 Å². The number of thioether (sulfide) groups is 1. The molecule has 1 fully saturated rings. The fraction of sp³-hybridized carbons (Fsp3) is 0.333. The summed E-state index contributed by atoms with van der Waals surface area (Å²) in [5.41, 5.74) is 0.754. The van der Waals surface area contributed by atoms with Crippen LogP contribution in [-0.2, 0) is 9.53 Å². The number of esters is 1. The predicted molar refractivity (Wildman–Crippen MR) is 75.7 cm³/mol. The average Bonchev–Trinajstić information content (AvgIpc) is 2.94. The first-order valence-corrected chi connectivity index (χ1v) is 7.15. The number of methoxy groups -OCH3 is 1. The van der Waals surface area contributed by atoms with Crippen LogP contribution >= 0.6 is 23.4 Å². The first-order chi connectivity index (χ1) is 9.11. The van der Waals surface area contributed by atoms with E-state index in [1.165, 1.54) is 13.2 Å². The highest BCUT2D eigenvalue weighted by Gasteiger charge is 2.22. The number of hydrogen-bond acceptors (Lipinski definition) is 5. The van der Waals surface area contributed by atoms with Crippen molar-refractivity contribution in [1.82, 2.24) is 5.32 Å². The van der Waals surface area contributed by atoms with Crippen LogP contribution in [0, 0.1) is 0 Å². The third kappa shape index (κ3) is 3.40. The molecule has 5 nitrogen and oxygen atoms in total. The second-order valence-corrected chi connectivity index (χ2v) is 5.38. The van der Waals surface area contributed by atoms with Gasteiger partial charge in [0, 0.05) is 17.3 Å². The monoisotopic (exact) mass is 300 g/mol. The standard InChI is InChI=1S/C12H13ClN2O3S/c1-18-12(17)8-4-7(2-3-9(8)13)15-11(16)10-5-19-6-14-10/h2-4,10,14H,5-6H2,1H3,(H,15,16). The van der Waals surface area contributed by atoms with Crippen molar-refractivity contribution in [2.75, 3.05) is 24.1 Å². The van der Waals surface area contributed by atoms with Gasteiger partial charge in [0.25, 0.3) is 0 Å². The van der Waals surface area contributed by atoms with Gasteiger partial charge in [0.1, 0.15) is 0 Å². The highest BCUT2D eigenvalue weighted by molar-refractivity contribution is 7.99. The molecule has 19 heavy (non-hydrogen) atoms. The molecule has 7 heteroatoms. The zero-order valence-corrected chi connectivity index (χ0v) is 11.8. The summed E-state index contributed by atoms with van der Waals surface area (Å²) in [7, 11) is 1.28. The number of ether oxygens (including phenoxy) is 1. The van der Waals surface area contributed by atoms with Gasteiger partial charge in [0.05, 0.1) is 23.7 Å². The highest BCUT2D eigenvalue weighted by atomic mass is 35.5. The Labute approximate surface area is 120 Å². The van der Waals surface area contributed by atoms with Crippen molar-refractivity contribution in [3.05, 3.63) is 28.8 Å². The van der Waals surface area contributed by atoms with E-state index in [9.17, 15) is 9.59 Å². The van der Waals surface area contributed by atoms with Crippen molar-refractivity contribution >= 4 is 40.9 Å². The molecule has 2 rings (SSSR count). The molecule has 1 aromatic rings. The Kier molecular flexibility index (Phi) is 4.68. The molecule has 1 unspecified atom stereocenters. The molecule has 1 aliphatic rings. The largest absolute Gasteiger partial charge is 0.465 e. The molecule has 2 N–H and O–H groups in total. The minimum absolute atomic E-state index is 0.122. The first-order valence-electron chi connectivity index (χ1n) is 5.61. The lowest BCUT2D eigenvalue weighted by Gasteiger charge is -2.11. The minimum atomic E-state index is -0.532. The third-order valence-electron chi connectivity index (χ3n) is 2.67. The van der Waals surface area contributed by atoms with Gasteiger partial charge in [-0.25, -0.2) is 4.79 Å². The van der Waals surface area contributed by atoms with E-state index in [-0.39, 0.29) is 17.5 Å². The Morgan fingerprint density at radius 3 is 2.95 bits per heavy atom. The number of amides is 1. The van der Waals surface area contributed by atoms with Gasteiger partial charge in [-0.1, -0.05) is 11.6 Å². The van der Waals surface area contributed by atoms with Gasteiger partial charge in [-0.05, 0) is 18.2 Å². The fourth-order valence-electron chi connectivity index (χ4n) is 1.66. The van der Waals surface area contributed by atoms with E-state index in [0.29, 0.717) is 10.7 Å². The molecule has 0 radical (unpaired) electrons. The summed E-state index contributed by atoms with van der Waals surface area (Å²) in [6, 6.07) is 4.51. The molecular weight excluding hydrogens is 288 g/mol. The molecule has 1 atom stereocenters. The Balaban J connectivity index is 2.12. The molecule has 0 spiro atoms. The van der Waals surface area contributed by atoms with E-state index in [2.05, 4.69) is 15.4 Å². The van der Waals surface area contributed by atoms with E-state index in [4.69, 9.17) is 11.6 Å². The zero-order chi connectivity index (χ0) is 13.8. The van der Waals surface area contributed by atoms with Crippen LogP contribution in [0.15, 0.2) is 18.2 Å². The van der Waals surface area contributed by atoms with Crippen LogP contribution in [0.1, 0.15) is 10.4 Å². The average molecular weight is 301 g/mol. The molecule has 0 aromatic heterocycles. The maximum absolute atomic E-state index is 11.9. The molecule has 1 amide bonds. The van der Waals surface area contributed by atoms with Crippen LogP contribution < -0.4 is 10.6 Å². The van der Waals surface area contributed by atoms with Crippen molar-refractivity contribution in [2.24, 2.45) is 0 Å². The molecule has 0 saturated carbocycles. The summed E-state index contributed by atoms with van der Waals surface area (Å²) >= 11 is 7.57. The summed E-state index contributed by atoms with van der Waals surface area (Å²) in [5, 5.41) is 6.11. The molecule has 1 saturated heterocycles. The van der Waals surface area contributed by atoms with Crippen molar-refractivity contribution in [3.63, 3.8) is 0 Å². The molecule has 1 aromatic carbocycles. The van der Waals surface area contributed by atoms with Gasteiger partial charge < -0.3 is 10.1 Å². The van der Waals surface area contributed by atoms with Crippen LogP contribution in [0.3, 0.4) is 0 Å². The molecular formula is C12H13ClN2O3S. The SMILES string of the molecule is COC(=O)c1cc(NC(=O)C2CSCN2)ccc1Cl. The third-order valence-corrected chi connectivity index (χ3v) is 3.94. The van der Waals surface area contributed by atoms with Crippen molar-refractivity contribution in [2.45, 2.75) is 6.04 Å². The number of carbonyl (C=O) groups excluding carboxylic acids is 2. The minimum Gasteiger partial charge on any atom is -0.465 e. The summed E-state index contributed by atoms with van der Waals surface area (Å²) in [5.74, 6) is 0.855. The number of benzene rings is 1. The van der Waals surface area contributed by atoms with Crippen molar-refractivity contribution < 1.29 is 14.3 Å². The molecule has 1 heterocycles. The van der Waals surface area contributed by atoms with Gasteiger partial charge in [0.15, 0.2) is 0 Å². The van der Waals surface area contributed by atoms with Crippen molar-refractivity contribution in [3.8, 4) is 0 Å². The number of anilines is 1. The topological polar surface area (TPSA) is 67.4 Å². The van der Waals surface area contributed by atoms with Gasteiger partial charge in [-0.15, -0.1) is 11.8 Å². The van der Waals surface area contributed by atoms with Gasteiger partial charge in [0.2, 0.25) is 5.91 Å². The Hall–Kier alpha value is -1.24. The highest BCUT2D eigenvalue weighted by Crippen LogP contribution is 2.22. The predicted octanol–water partition coefficient (Wildman–Crippen LogP) is 1.73. The van der Waals surface area contributed by atoms with E-state index in [1.54, 1.807) is 23.9 Å².